The van der Waals surface area contributed by atoms with Gasteiger partial charge in [0.25, 0.3) is 0 Å². The third-order valence-corrected chi connectivity index (χ3v) is 2.59. The summed E-state index contributed by atoms with van der Waals surface area (Å²) in [5, 5.41) is 18.7. The van der Waals surface area contributed by atoms with Crippen LogP contribution in [-0.2, 0) is 0 Å². The number of aliphatic hydroxyl groups excluding tert-OH is 1. The molecule has 0 aromatic heterocycles. The fraction of sp³-hybridized carbons (Fsp3) is 0.500. The summed E-state index contributed by atoms with van der Waals surface area (Å²) in [7, 11) is 3.02. The quantitative estimate of drug-likeness (QED) is 0.735. The van der Waals surface area contributed by atoms with Crippen molar-refractivity contribution in [3.8, 4) is 17.2 Å². The molecular weight excluding hydrogens is 258 g/mol. The predicted octanol–water partition coefficient (Wildman–Crippen LogP) is 1.60. The molecule has 5 nitrogen and oxygen atoms in total. The minimum Gasteiger partial charge on any atom is -0.507 e. The van der Waals surface area contributed by atoms with Gasteiger partial charge in [0, 0.05) is 24.8 Å². The van der Waals surface area contributed by atoms with Crippen LogP contribution in [0, 0.1) is 0 Å². The van der Waals surface area contributed by atoms with Crippen molar-refractivity contribution in [2.24, 2.45) is 5.73 Å². The van der Waals surface area contributed by atoms with Crippen LogP contribution >= 0.6 is 12.4 Å². The lowest BCUT2D eigenvalue weighted by atomic mass is 10.0. The van der Waals surface area contributed by atoms with Crippen molar-refractivity contribution >= 4 is 12.4 Å². The Morgan fingerprint density at radius 2 is 1.94 bits per heavy atom. The number of aliphatic hydroxyl groups is 1. The highest BCUT2D eigenvalue weighted by Gasteiger charge is 2.18. The smallest absolute Gasteiger partial charge is 0.131 e. The number of nitrogens with two attached hydrogens (primary N) is 1. The first-order chi connectivity index (χ1) is 8.13. The number of phenols is 1. The largest absolute Gasteiger partial charge is 0.507 e. The summed E-state index contributed by atoms with van der Waals surface area (Å²) in [6.45, 7) is 0.0763. The highest BCUT2D eigenvalue weighted by Crippen LogP contribution is 2.37. The minimum absolute atomic E-state index is 0. The van der Waals surface area contributed by atoms with E-state index in [1.807, 2.05) is 0 Å². The molecule has 6 heteroatoms. The molecule has 0 spiro atoms. The van der Waals surface area contributed by atoms with E-state index in [4.69, 9.17) is 20.3 Å². The minimum atomic E-state index is -0.372. The number of hydrogen-bond acceptors (Lipinski definition) is 5. The maximum atomic E-state index is 9.90. The third kappa shape index (κ3) is 3.94. The summed E-state index contributed by atoms with van der Waals surface area (Å²) in [6, 6.07) is 2.80. The summed E-state index contributed by atoms with van der Waals surface area (Å²) in [6.07, 6.45) is 1.16. The van der Waals surface area contributed by atoms with Crippen LogP contribution in [0.2, 0.25) is 0 Å². The molecule has 1 atom stereocenters. The van der Waals surface area contributed by atoms with Crippen LogP contribution in [0.15, 0.2) is 12.1 Å². The zero-order valence-corrected chi connectivity index (χ0v) is 11.4. The topological polar surface area (TPSA) is 84.9 Å². The molecule has 18 heavy (non-hydrogen) atoms. The number of ether oxygens (including phenoxy) is 2. The van der Waals surface area contributed by atoms with Crippen molar-refractivity contribution in [2.45, 2.75) is 18.9 Å². The second kappa shape index (κ2) is 8.02. The molecule has 0 aliphatic heterocycles. The standard InChI is InChI=1S/C12H19NO4.ClH/c1-16-8-6-10(15)12(11(7-8)17-2)9(13)4-3-5-14;/h6-7,9,14-15H,3-5,13H2,1-2H3;1H/t9-;/m1./s1. The molecule has 4 N–H and O–H groups in total. The fourth-order valence-electron chi connectivity index (χ4n) is 1.70. The van der Waals surface area contributed by atoms with Crippen molar-refractivity contribution in [1.29, 1.82) is 0 Å². The molecule has 0 amide bonds. The molecule has 104 valence electrons. The summed E-state index contributed by atoms with van der Waals surface area (Å²) >= 11 is 0. The third-order valence-electron chi connectivity index (χ3n) is 2.59. The first-order valence-electron chi connectivity index (χ1n) is 5.45. The lowest BCUT2D eigenvalue weighted by Gasteiger charge is -2.17. The van der Waals surface area contributed by atoms with Gasteiger partial charge in [-0.25, -0.2) is 0 Å². The lowest BCUT2D eigenvalue weighted by Crippen LogP contribution is -2.12. The van der Waals surface area contributed by atoms with Gasteiger partial charge in [-0.15, -0.1) is 12.4 Å². The van der Waals surface area contributed by atoms with Gasteiger partial charge in [-0.05, 0) is 12.8 Å². The summed E-state index contributed by atoms with van der Waals surface area (Å²) in [4.78, 5) is 0. The molecule has 0 saturated carbocycles. The molecule has 0 saturated heterocycles. The van der Waals surface area contributed by atoms with Crippen LogP contribution in [0.4, 0.5) is 0 Å². The van der Waals surface area contributed by atoms with Gasteiger partial charge < -0.3 is 25.4 Å². The Kier molecular flexibility index (Phi) is 7.50. The molecule has 1 rings (SSSR count). The van der Waals surface area contributed by atoms with Crippen LogP contribution in [0.5, 0.6) is 17.2 Å². The number of aromatic hydroxyl groups is 1. The normalized spacial score (nSPS) is 11.6. The van der Waals surface area contributed by atoms with Crippen molar-refractivity contribution in [3.63, 3.8) is 0 Å². The number of phenolic OH excluding ortho intramolecular Hbond substituents is 1. The molecule has 1 aromatic rings. The summed E-state index contributed by atoms with van der Waals surface area (Å²) in [5.41, 5.74) is 6.50. The van der Waals surface area contributed by atoms with E-state index in [-0.39, 0.29) is 30.8 Å². The van der Waals surface area contributed by atoms with E-state index in [0.29, 0.717) is 29.9 Å². The van der Waals surface area contributed by atoms with E-state index in [1.54, 1.807) is 6.07 Å². The SMILES string of the molecule is COc1cc(O)c([C@H](N)CCCO)c(OC)c1.Cl. The van der Waals surface area contributed by atoms with E-state index >= 15 is 0 Å². The highest BCUT2D eigenvalue weighted by molar-refractivity contribution is 5.85. The molecule has 0 bridgehead atoms. The molecule has 0 radical (unpaired) electrons. The molecule has 0 aliphatic rings. The average molecular weight is 278 g/mol. The van der Waals surface area contributed by atoms with E-state index in [2.05, 4.69) is 0 Å². The number of methoxy groups -OCH3 is 2. The Balaban J connectivity index is 0.00000289. The second-order valence-corrected chi connectivity index (χ2v) is 3.73. The van der Waals surface area contributed by atoms with Gasteiger partial charge in [0.2, 0.25) is 0 Å². The fourth-order valence-corrected chi connectivity index (χ4v) is 1.70. The Labute approximate surface area is 113 Å². The Morgan fingerprint density at radius 3 is 2.44 bits per heavy atom. The summed E-state index contributed by atoms with van der Waals surface area (Å²) in [5.74, 6) is 1.05. The predicted molar refractivity (Wildman–Crippen MR) is 71.7 cm³/mol. The van der Waals surface area contributed by atoms with Crippen molar-refractivity contribution in [2.75, 3.05) is 20.8 Å². The Morgan fingerprint density at radius 1 is 1.28 bits per heavy atom. The van der Waals surface area contributed by atoms with E-state index in [1.165, 1.54) is 20.3 Å². The first-order valence-corrected chi connectivity index (χ1v) is 5.45. The monoisotopic (exact) mass is 277 g/mol. The van der Waals surface area contributed by atoms with Gasteiger partial charge in [-0.1, -0.05) is 0 Å². The van der Waals surface area contributed by atoms with Gasteiger partial charge in [-0.2, -0.15) is 0 Å². The van der Waals surface area contributed by atoms with Crippen LogP contribution in [0.1, 0.15) is 24.4 Å². The number of hydrogen-bond donors (Lipinski definition) is 3. The van der Waals surface area contributed by atoms with Crippen molar-refractivity contribution < 1.29 is 19.7 Å². The molecule has 0 aliphatic carbocycles. The molecule has 1 aromatic carbocycles. The molecule has 0 fully saturated rings. The lowest BCUT2D eigenvalue weighted by molar-refractivity contribution is 0.278. The second-order valence-electron chi connectivity index (χ2n) is 3.73. The molecule has 0 unspecified atom stereocenters. The maximum absolute atomic E-state index is 9.90. The van der Waals surface area contributed by atoms with Gasteiger partial charge in [0.05, 0.1) is 19.8 Å². The van der Waals surface area contributed by atoms with E-state index in [9.17, 15) is 5.11 Å². The zero-order valence-electron chi connectivity index (χ0n) is 10.5. The number of rotatable bonds is 6. The zero-order chi connectivity index (χ0) is 12.8. The van der Waals surface area contributed by atoms with Crippen LogP contribution in [0.25, 0.3) is 0 Å². The van der Waals surface area contributed by atoms with Crippen LogP contribution in [0.3, 0.4) is 0 Å². The molecule has 0 heterocycles. The maximum Gasteiger partial charge on any atom is 0.131 e. The van der Waals surface area contributed by atoms with E-state index in [0.717, 1.165) is 0 Å². The van der Waals surface area contributed by atoms with Gasteiger partial charge in [0.1, 0.15) is 17.2 Å². The number of benzene rings is 1. The number of halogens is 1. The van der Waals surface area contributed by atoms with Gasteiger partial charge in [0.15, 0.2) is 0 Å². The average Bonchev–Trinajstić information content (AvgIpc) is 2.34. The Bertz CT molecular complexity index is 373. The molecular formula is C12H20ClNO4. The van der Waals surface area contributed by atoms with Crippen LogP contribution in [-0.4, -0.2) is 31.0 Å². The summed E-state index contributed by atoms with van der Waals surface area (Å²) < 4.78 is 10.2. The van der Waals surface area contributed by atoms with Crippen molar-refractivity contribution in [1.82, 2.24) is 0 Å². The highest BCUT2D eigenvalue weighted by atomic mass is 35.5. The van der Waals surface area contributed by atoms with Crippen molar-refractivity contribution in [3.05, 3.63) is 17.7 Å². The van der Waals surface area contributed by atoms with Crippen LogP contribution < -0.4 is 15.2 Å². The van der Waals surface area contributed by atoms with E-state index < -0.39 is 0 Å². The van der Waals surface area contributed by atoms with Gasteiger partial charge in [-0.3, -0.25) is 0 Å². The Hall–Kier alpha value is -1.17. The first kappa shape index (κ1) is 16.8. The van der Waals surface area contributed by atoms with Gasteiger partial charge >= 0.3 is 0 Å².